The zero-order valence-corrected chi connectivity index (χ0v) is 13.0. The Balaban J connectivity index is 2.05. The molecule has 0 spiro atoms. The molecule has 2 unspecified atom stereocenters. The number of para-hydroxylation sites is 2. The van der Waals surface area contributed by atoms with Gasteiger partial charge in [0.05, 0.1) is 18.8 Å². The summed E-state index contributed by atoms with van der Waals surface area (Å²) < 4.78 is 5.29. The van der Waals surface area contributed by atoms with E-state index in [0.717, 1.165) is 12.1 Å². The van der Waals surface area contributed by atoms with Crippen LogP contribution in [0, 0.1) is 0 Å². The summed E-state index contributed by atoms with van der Waals surface area (Å²) in [5.74, 6) is 0.258. The zero-order valence-electron chi connectivity index (χ0n) is 13.0. The zero-order chi connectivity index (χ0) is 16.1. The predicted octanol–water partition coefficient (Wildman–Crippen LogP) is 1.04. The number of nitrogens with zero attached hydrogens (tertiary/aromatic N) is 1. The fourth-order valence-electron chi connectivity index (χ4n) is 2.63. The minimum atomic E-state index is -0.557. The van der Waals surface area contributed by atoms with Crippen molar-refractivity contribution in [3.63, 3.8) is 0 Å². The molecular formula is C16H23N3O3. The molecule has 1 heterocycles. The van der Waals surface area contributed by atoms with Crippen molar-refractivity contribution in [3.8, 4) is 5.75 Å². The number of hydrogen-bond donors (Lipinski definition) is 2. The Kier molecular flexibility index (Phi) is 5.38. The van der Waals surface area contributed by atoms with E-state index in [1.165, 1.54) is 0 Å². The van der Waals surface area contributed by atoms with Gasteiger partial charge in [0, 0.05) is 6.54 Å². The molecule has 1 saturated heterocycles. The van der Waals surface area contributed by atoms with Crippen molar-refractivity contribution in [3.05, 3.63) is 24.3 Å². The van der Waals surface area contributed by atoms with Crippen LogP contribution in [0.2, 0.25) is 0 Å². The van der Waals surface area contributed by atoms with E-state index in [4.69, 9.17) is 10.5 Å². The van der Waals surface area contributed by atoms with Crippen LogP contribution in [-0.2, 0) is 9.59 Å². The van der Waals surface area contributed by atoms with Crippen LogP contribution < -0.4 is 20.7 Å². The van der Waals surface area contributed by atoms with Gasteiger partial charge in [0.15, 0.2) is 0 Å². The summed E-state index contributed by atoms with van der Waals surface area (Å²) in [7, 11) is 1.57. The highest BCUT2D eigenvalue weighted by Gasteiger charge is 2.35. The molecule has 0 bridgehead atoms. The van der Waals surface area contributed by atoms with E-state index in [0.29, 0.717) is 25.1 Å². The number of hydrogen-bond acceptors (Lipinski definition) is 4. The fourth-order valence-corrected chi connectivity index (χ4v) is 2.63. The van der Waals surface area contributed by atoms with Crippen LogP contribution in [0.3, 0.4) is 0 Å². The standard InChI is InChI=1S/C16H23N3O3/c1-3-6-11(17)15(20)18-12-9-10-19(16(12)21)13-7-4-5-8-14(13)22-2/h4-5,7-8,11-12H,3,6,9-10,17H2,1-2H3,(H,18,20). The van der Waals surface area contributed by atoms with Crippen LogP contribution >= 0.6 is 0 Å². The second-order valence-electron chi connectivity index (χ2n) is 5.41. The second kappa shape index (κ2) is 7.26. The molecule has 2 rings (SSSR count). The van der Waals surface area contributed by atoms with Gasteiger partial charge in [0.25, 0.3) is 0 Å². The molecule has 0 radical (unpaired) electrons. The van der Waals surface area contributed by atoms with Gasteiger partial charge in [-0.2, -0.15) is 0 Å². The summed E-state index contributed by atoms with van der Waals surface area (Å²) in [6.45, 7) is 2.52. The molecule has 1 fully saturated rings. The van der Waals surface area contributed by atoms with Crippen LogP contribution in [0.1, 0.15) is 26.2 Å². The smallest absolute Gasteiger partial charge is 0.249 e. The molecule has 0 aliphatic carbocycles. The van der Waals surface area contributed by atoms with Crippen LogP contribution in [0.4, 0.5) is 5.69 Å². The highest BCUT2D eigenvalue weighted by molar-refractivity contribution is 6.02. The molecule has 0 aromatic heterocycles. The molecule has 120 valence electrons. The summed E-state index contributed by atoms with van der Waals surface area (Å²) >= 11 is 0. The van der Waals surface area contributed by atoms with Gasteiger partial charge in [-0.3, -0.25) is 9.59 Å². The minimum absolute atomic E-state index is 0.124. The Morgan fingerprint density at radius 3 is 2.91 bits per heavy atom. The van der Waals surface area contributed by atoms with Crippen LogP contribution in [0.15, 0.2) is 24.3 Å². The first-order chi connectivity index (χ1) is 10.6. The molecule has 6 heteroatoms. The molecule has 2 atom stereocenters. The molecule has 1 aromatic carbocycles. The first-order valence-electron chi connectivity index (χ1n) is 7.58. The summed E-state index contributed by atoms with van der Waals surface area (Å²) in [5, 5.41) is 2.75. The molecule has 22 heavy (non-hydrogen) atoms. The quantitative estimate of drug-likeness (QED) is 0.822. The largest absolute Gasteiger partial charge is 0.495 e. The summed E-state index contributed by atoms with van der Waals surface area (Å²) in [6, 6.07) is 6.29. The van der Waals surface area contributed by atoms with Gasteiger partial charge in [-0.05, 0) is 25.0 Å². The van der Waals surface area contributed by atoms with Gasteiger partial charge in [-0.25, -0.2) is 0 Å². The Labute approximate surface area is 130 Å². The van der Waals surface area contributed by atoms with Crippen molar-refractivity contribution < 1.29 is 14.3 Å². The Morgan fingerprint density at radius 1 is 1.50 bits per heavy atom. The van der Waals surface area contributed by atoms with E-state index in [-0.39, 0.29) is 11.8 Å². The summed E-state index contributed by atoms with van der Waals surface area (Å²) in [5.41, 5.74) is 6.51. The molecule has 1 aliphatic heterocycles. The van der Waals surface area contributed by atoms with E-state index < -0.39 is 12.1 Å². The number of benzene rings is 1. The van der Waals surface area contributed by atoms with Crippen molar-refractivity contribution in [1.82, 2.24) is 5.32 Å². The third-order valence-electron chi connectivity index (χ3n) is 3.83. The van der Waals surface area contributed by atoms with E-state index in [1.807, 2.05) is 31.2 Å². The topological polar surface area (TPSA) is 84.7 Å². The van der Waals surface area contributed by atoms with Crippen molar-refractivity contribution in [2.75, 3.05) is 18.6 Å². The maximum absolute atomic E-state index is 12.5. The first-order valence-corrected chi connectivity index (χ1v) is 7.58. The predicted molar refractivity (Wildman–Crippen MR) is 84.8 cm³/mol. The third-order valence-corrected chi connectivity index (χ3v) is 3.83. The number of nitrogens with two attached hydrogens (primary N) is 1. The Morgan fingerprint density at radius 2 is 2.23 bits per heavy atom. The van der Waals surface area contributed by atoms with Gasteiger partial charge >= 0.3 is 0 Å². The van der Waals surface area contributed by atoms with Gasteiger partial charge < -0.3 is 20.7 Å². The van der Waals surface area contributed by atoms with E-state index >= 15 is 0 Å². The molecule has 1 aliphatic rings. The normalized spacial score (nSPS) is 19.1. The molecule has 2 amide bonds. The van der Waals surface area contributed by atoms with Crippen molar-refractivity contribution in [2.45, 2.75) is 38.3 Å². The number of ether oxygens (including phenoxy) is 1. The summed E-state index contributed by atoms with van der Waals surface area (Å²) in [6.07, 6.45) is 2.02. The number of methoxy groups -OCH3 is 1. The lowest BCUT2D eigenvalue weighted by Crippen LogP contribution is -2.48. The van der Waals surface area contributed by atoms with E-state index in [9.17, 15) is 9.59 Å². The molecule has 3 N–H and O–H groups in total. The lowest BCUT2D eigenvalue weighted by atomic mass is 10.1. The monoisotopic (exact) mass is 305 g/mol. The van der Waals surface area contributed by atoms with Gasteiger partial charge in [-0.15, -0.1) is 0 Å². The number of rotatable bonds is 6. The highest BCUT2D eigenvalue weighted by atomic mass is 16.5. The highest BCUT2D eigenvalue weighted by Crippen LogP contribution is 2.30. The van der Waals surface area contributed by atoms with Crippen molar-refractivity contribution in [1.29, 1.82) is 0 Å². The lowest BCUT2D eigenvalue weighted by molar-refractivity contribution is -0.127. The number of nitrogens with one attached hydrogen (secondary N) is 1. The lowest BCUT2D eigenvalue weighted by Gasteiger charge is -2.20. The van der Waals surface area contributed by atoms with Crippen molar-refractivity contribution >= 4 is 17.5 Å². The van der Waals surface area contributed by atoms with E-state index in [1.54, 1.807) is 12.0 Å². The maximum atomic E-state index is 12.5. The SMILES string of the molecule is CCCC(N)C(=O)NC1CCN(c2ccccc2OC)C1=O. The molecule has 1 aromatic rings. The maximum Gasteiger partial charge on any atom is 0.249 e. The van der Waals surface area contributed by atoms with Gasteiger partial charge in [-0.1, -0.05) is 25.5 Å². The third kappa shape index (κ3) is 3.39. The van der Waals surface area contributed by atoms with Crippen LogP contribution in [-0.4, -0.2) is 37.6 Å². The number of amides is 2. The average molecular weight is 305 g/mol. The first kappa shape index (κ1) is 16.3. The van der Waals surface area contributed by atoms with Gasteiger partial charge in [0.1, 0.15) is 11.8 Å². The minimum Gasteiger partial charge on any atom is -0.495 e. The van der Waals surface area contributed by atoms with Crippen LogP contribution in [0.5, 0.6) is 5.75 Å². The number of carbonyl (C=O) groups excluding carboxylic acids is 2. The molecule has 6 nitrogen and oxygen atoms in total. The fraction of sp³-hybridized carbons (Fsp3) is 0.500. The summed E-state index contributed by atoms with van der Waals surface area (Å²) in [4.78, 5) is 26.1. The Hall–Kier alpha value is -2.08. The molecule has 0 saturated carbocycles. The second-order valence-corrected chi connectivity index (χ2v) is 5.41. The van der Waals surface area contributed by atoms with Crippen molar-refractivity contribution in [2.24, 2.45) is 5.73 Å². The Bertz CT molecular complexity index is 547. The van der Waals surface area contributed by atoms with Gasteiger partial charge in [0.2, 0.25) is 11.8 Å². The number of anilines is 1. The number of carbonyl (C=O) groups is 2. The average Bonchev–Trinajstić information content (AvgIpc) is 2.88. The van der Waals surface area contributed by atoms with Crippen LogP contribution in [0.25, 0.3) is 0 Å². The van der Waals surface area contributed by atoms with E-state index in [2.05, 4.69) is 5.32 Å². The molecular weight excluding hydrogens is 282 g/mol.